The average molecular weight is 2040 g/mol. The molecular weight excluding hydrogens is 1870 g/mol. The van der Waals surface area contributed by atoms with E-state index in [2.05, 4.69) is 168 Å². The summed E-state index contributed by atoms with van der Waals surface area (Å²) in [6.07, 6.45) is 43.5. The number of methoxy groups -OCH3 is 1. The Hall–Kier alpha value is -9.47. The van der Waals surface area contributed by atoms with Crippen molar-refractivity contribution < 1.29 is 67.4 Å². The Balaban J connectivity index is 0.000000131. The van der Waals surface area contributed by atoms with Crippen molar-refractivity contribution in [2.75, 3.05) is 14.2 Å². The summed E-state index contributed by atoms with van der Waals surface area (Å²) in [5, 5.41) is 13.5. The predicted octanol–water partition coefficient (Wildman–Crippen LogP) is 26.8. The lowest BCUT2D eigenvalue weighted by molar-refractivity contribution is -0.191. The molecule has 21 heteroatoms. The first-order chi connectivity index (χ1) is 69.1. The lowest BCUT2D eigenvalue weighted by atomic mass is 9.34. The quantitative estimate of drug-likeness (QED) is 0.209. The molecule has 2 N–H and O–H groups in total. The van der Waals surface area contributed by atoms with Crippen LogP contribution in [-0.4, -0.2) is 98.8 Å². The van der Waals surface area contributed by atoms with Crippen molar-refractivity contribution in [3.8, 4) is 0 Å². The minimum absolute atomic E-state index is 0.0116. The van der Waals surface area contributed by atoms with E-state index in [1.54, 1.807) is 30.3 Å². The van der Waals surface area contributed by atoms with Crippen LogP contribution < -0.4 is 5.32 Å². The number of Topliss-reactive ketones (excluding diaryl/α,β-unsaturated/α-hetero) is 4. The maximum atomic E-state index is 14.6. The third-order valence-corrected chi connectivity index (χ3v) is 50.2. The van der Waals surface area contributed by atoms with Crippen molar-refractivity contribution in [2.45, 2.75) is 374 Å². The summed E-state index contributed by atoms with van der Waals surface area (Å²) >= 11 is 0. The molecule has 0 saturated heterocycles. The number of carbonyl (C=O) groups is 12. The third kappa shape index (κ3) is 14.5. The first kappa shape index (κ1) is 110. The van der Waals surface area contributed by atoms with Gasteiger partial charge in [0.1, 0.15) is 6.33 Å². The second-order valence-corrected chi connectivity index (χ2v) is 60.2. The maximum Gasteiger partial charge on any atom is 0.312 e. The Kier molecular flexibility index (Phi) is 25.2. The number of carboxylic acid groups (broad SMARTS) is 1. The number of fused-ring (bicyclic) bond motifs is 28. The number of imidazole rings is 1. The minimum Gasteiger partial charge on any atom is -0.481 e. The van der Waals surface area contributed by atoms with Crippen molar-refractivity contribution in [3.05, 3.63) is 158 Å². The molecule has 150 heavy (non-hydrogen) atoms. The smallest absolute Gasteiger partial charge is 0.312 e. The summed E-state index contributed by atoms with van der Waals surface area (Å²) in [6, 6.07) is 0. The first-order valence-electron chi connectivity index (χ1n) is 56.9. The van der Waals surface area contributed by atoms with Gasteiger partial charge in [-0.15, -0.1) is 0 Å². The summed E-state index contributed by atoms with van der Waals surface area (Å²) in [4.78, 5) is 183. The monoisotopic (exact) mass is 2040 g/mol. The van der Waals surface area contributed by atoms with Crippen LogP contribution in [0.15, 0.2) is 112 Å². The van der Waals surface area contributed by atoms with E-state index < -0.39 is 70.9 Å². The van der Waals surface area contributed by atoms with Crippen LogP contribution in [0.5, 0.6) is 0 Å². The van der Waals surface area contributed by atoms with Crippen molar-refractivity contribution in [1.29, 1.82) is 0 Å². The molecule has 21 nitrogen and oxygen atoms in total. The minimum atomic E-state index is -0.825. The molecule has 1 heterocycles. The van der Waals surface area contributed by atoms with Crippen LogP contribution in [0.25, 0.3) is 19.4 Å². The van der Waals surface area contributed by atoms with E-state index in [1.807, 2.05) is 104 Å². The van der Waals surface area contributed by atoms with E-state index in [0.29, 0.717) is 19.3 Å². The number of rotatable bonds is 4. The number of hydrogen-bond acceptors (Lipinski definition) is 14. The number of carbonyl (C=O) groups excluding carboxylic acids is 11. The molecule has 0 unspecified atom stereocenters. The molecule has 28 atom stereocenters. The highest BCUT2D eigenvalue weighted by atomic mass is 16.5. The van der Waals surface area contributed by atoms with Gasteiger partial charge in [0.2, 0.25) is 34.6 Å². The van der Waals surface area contributed by atoms with Gasteiger partial charge in [-0.25, -0.2) is 24.4 Å². The van der Waals surface area contributed by atoms with E-state index in [1.165, 1.54) is 7.11 Å². The van der Waals surface area contributed by atoms with Crippen LogP contribution in [0.1, 0.15) is 378 Å². The van der Waals surface area contributed by atoms with Crippen LogP contribution in [0, 0.1) is 227 Å². The Morgan fingerprint density at radius 3 is 0.853 bits per heavy atom. The molecule has 1 amide bonds. The fourth-order valence-electron chi connectivity index (χ4n) is 41.0. The Labute approximate surface area is 893 Å². The second kappa shape index (κ2) is 34.3. The topological polar surface area (TPSA) is 282 Å². The molecule has 20 aliphatic rings. The number of aromatic nitrogens is 2. The second-order valence-electron chi connectivity index (χ2n) is 60.2. The SMILES string of the molecule is [C-]#[N+]C1=C[C@]2(C)C3=CC(=O)[C@@H]4[C@@H]5CC(C)(C)CC[C@]5(C(=O)NC)CC[C@@]4(C)[C@]3(C)CC[C@H]2C(C)(C)C1=O.[C-]#[N+]C1=C[C@]2(C)C3=CC(=O)[C@@H]4[C@@H]5CC(C)(C)CC[C@]5(C(=O)O)CC[C@@]4(C)[C@]3(C)CC[C@H]2C(C)(C)C1=O.[C-]#[N+]C1=C[C@]2(C)C3=CC(=O)[C@@H]4[C@@H]5CC(C)(C)CC[C@]5(C(=O)OC)CC[C@@]4(C)[C@]3(C)CC[C@H]2C(C)(C)C1=O.[C-]#[N+]C1=C[C@]2(C)C3=CC(=O)[C@@H]4[C@@H]5CC(C)(C)CC[C@]5(C(=O)n5ccnc5)CC[C@@]4(C)[C@]3(C)CC[C@H]2C(C)(C)C1=O. The molecule has 806 valence electrons. The molecule has 0 aliphatic heterocycles. The molecule has 20 aliphatic carbocycles. The van der Waals surface area contributed by atoms with Crippen molar-refractivity contribution in [1.82, 2.24) is 14.9 Å². The van der Waals surface area contributed by atoms with Crippen LogP contribution in [0.2, 0.25) is 0 Å². The zero-order chi connectivity index (χ0) is 111. The van der Waals surface area contributed by atoms with Crippen LogP contribution >= 0.6 is 0 Å². The van der Waals surface area contributed by atoms with Crippen molar-refractivity contribution in [3.63, 3.8) is 0 Å². The number of esters is 1. The largest absolute Gasteiger partial charge is 0.481 e. The van der Waals surface area contributed by atoms with E-state index >= 15 is 0 Å². The molecule has 1 aromatic rings. The standard InChI is InChI=1S/C34H43N3O3.C32H44N2O3.C32H43NO4.C31H41NO4/c1-29(2)11-13-34(28(40)37-16-15-36-20-37)14-12-33(7)26(21(34)18-29)23(38)17-25-31(5)19-22(35-8)27(39)30(3,4)24(31)9-10-32(25,33)6;1-27(2)12-14-32(26(37)34-9)15-13-31(7)24(19(32)17-27)21(35)16-23-29(5)18-20(33-8)25(36)28(3,4)22(29)10-11-30(23,31)6;1-27(2)12-14-32(26(36)37-9)15-13-31(7)24(19(32)17-27)21(34)16-23-29(5)18-20(33-8)25(35)28(3,4)22(29)10-11-30(23,31)6;1-26(2)11-13-31(25(35)36)14-12-30(7)23(18(31)16-26)20(33)15-22-28(5)17-19(32-8)24(34)27(3,4)21(28)9-10-29(22,30)6/h15-17,19-21,24,26H,9-14,18H2,1-7H3;16,18-19,22,24H,10-15,17H2,1-7,9H3,(H,34,37);16,18-19,22,24H,10-15,17H2,1-7,9H3;15,17-18,21,23H,9-14,16H2,1-7H3,(H,35,36)/t21-,24-,26-,31-,32+,33+,34-;2*19-,22-,24-,29-,30+,31+,32-;18-,21-,23-,28-,29+,30+,31-/m0000/s1. The normalized spacial score (nSPS) is 45.2. The zero-order valence-corrected chi connectivity index (χ0v) is 96.0. The van der Waals surface area contributed by atoms with Crippen LogP contribution in [0.3, 0.4) is 0 Å². The number of ketones is 8. The Morgan fingerprint density at radius 1 is 0.347 bits per heavy atom. The van der Waals surface area contributed by atoms with Gasteiger partial charge in [-0.1, -0.05) is 240 Å². The highest BCUT2D eigenvalue weighted by Crippen LogP contribution is 2.82. The average Bonchev–Trinajstić information content (AvgIpc) is 0.777. The molecule has 0 aromatic carbocycles. The number of ether oxygens (including phenoxy) is 1. The number of amides is 1. The van der Waals surface area contributed by atoms with Crippen LogP contribution in [-0.2, 0) is 57.5 Å². The van der Waals surface area contributed by atoms with E-state index in [-0.39, 0.29) is 223 Å². The van der Waals surface area contributed by atoms with E-state index in [9.17, 15) is 62.6 Å². The summed E-state index contributed by atoms with van der Waals surface area (Å²) in [7, 11) is 3.22. The van der Waals surface area contributed by atoms with Gasteiger partial charge < -0.3 is 34.3 Å². The molecule has 0 radical (unpaired) electrons. The highest BCUT2D eigenvalue weighted by Gasteiger charge is 2.79. The molecule has 0 bridgehead atoms. The van der Waals surface area contributed by atoms with Crippen molar-refractivity contribution >= 4 is 70.0 Å². The molecule has 0 spiro atoms. The predicted molar refractivity (Wildman–Crippen MR) is 576 cm³/mol. The molecule has 12 fully saturated rings. The molecular formula is C129H171N7O14. The van der Waals surface area contributed by atoms with Gasteiger partial charge in [-0.2, -0.15) is 0 Å². The maximum absolute atomic E-state index is 14.6. The fraction of sp³-hybridized carbons (Fsp3) is 0.729. The number of aliphatic carboxylic acids is 1. The number of nitrogens with zero attached hydrogens (tertiary/aromatic N) is 6. The third-order valence-electron chi connectivity index (χ3n) is 50.2. The van der Waals surface area contributed by atoms with Gasteiger partial charge in [0, 0.05) is 86.4 Å². The number of allylic oxidation sites excluding steroid dienone is 16. The molecule has 21 rings (SSSR count). The van der Waals surface area contributed by atoms with Gasteiger partial charge in [0.05, 0.1) is 55.1 Å². The summed E-state index contributed by atoms with van der Waals surface area (Å²) in [5.74, 6) is -1.65. The fourth-order valence-corrected chi connectivity index (χ4v) is 41.0. The lowest BCUT2D eigenvalue weighted by Gasteiger charge is -2.69. The number of carboxylic acids is 1. The first-order valence-corrected chi connectivity index (χ1v) is 56.9. The van der Waals surface area contributed by atoms with Gasteiger partial charge >= 0.3 is 11.9 Å². The van der Waals surface area contributed by atoms with Gasteiger partial charge in [-0.05, 0) is 316 Å². The summed E-state index contributed by atoms with van der Waals surface area (Å²) in [5.41, 5.74) is -4.23. The zero-order valence-electron chi connectivity index (χ0n) is 96.0. The van der Waals surface area contributed by atoms with Crippen LogP contribution in [0.4, 0.5) is 0 Å². The molecule has 12 saturated carbocycles. The highest BCUT2D eigenvalue weighted by molar-refractivity contribution is 6.07. The van der Waals surface area contributed by atoms with Crippen molar-refractivity contribution in [2.24, 2.45) is 201 Å². The van der Waals surface area contributed by atoms with E-state index in [0.717, 1.165) is 183 Å². The summed E-state index contributed by atoms with van der Waals surface area (Å²) in [6.45, 7) is 91.9. The van der Waals surface area contributed by atoms with E-state index in [4.69, 9.17) is 31.0 Å². The molecule has 1 aromatic heterocycles. The van der Waals surface area contributed by atoms with Gasteiger partial charge in [-0.3, -0.25) is 42.9 Å². The Morgan fingerprint density at radius 2 is 0.587 bits per heavy atom. The van der Waals surface area contributed by atoms with Gasteiger partial charge in [0.15, 0.2) is 46.3 Å². The Bertz CT molecular complexity index is 6370. The lowest BCUT2D eigenvalue weighted by Crippen LogP contribution is -2.66. The number of hydrogen-bond donors (Lipinski definition) is 2. The number of nitrogens with one attached hydrogen (secondary N) is 1. The summed E-state index contributed by atoms with van der Waals surface area (Å²) < 4.78 is 7.06. The van der Waals surface area contributed by atoms with Gasteiger partial charge in [0.25, 0.3) is 0 Å².